The lowest BCUT2D eigenvalue weighted by atomic mass is 10.2. The summed E-state index contributed by atoms with van der Waals surface area (Å²) in [5.41, 5.74) is 6.37. The first-order valence-electron chi connectivity index (χ1n) is 5.27. The Kier molecular flexibility index (Phi) is 3.39. The molecule has 4 nitrogen and oxygen atoms in total. The summed E-state index contributed by atoms with van der Waals surface area (Å²) in [6.07, 6.45) is 0. The first-order valence-corrected chi connectivity index (χ1v) is 5.27. The van der Waals surface area contributed by atoms with Gasteiger partial charge in [0.05, 0.1) is 6.54 Å². The van der Waals surface area contributed by atoms with Gasteiger partial charge in [-0.3, -0.25) is 4.90 Å². The van der Waals surface area contributed by atoms with E-state index in [1.54, 1.807) is 12.1 Å². The summed E-state index contributed by atoms with van der Waals surface area (Å²) in [6.45, 7) is 1.22. The predicted molar refractivity (Wildman–Crippen MR) is 62.5 cm³/mol. The van der Waals surface area contributed by atoms with E-state index < -0.39 is 0 Å². The van der Waals surface area contributed by atoms with Gasteiger partial charge in [0.2, 0.25) is 0 Å². The third kappa shape index (κ3) is 3.29. The van der Waals surface area contributed by atoms with E-state index in [-0.39, 0.29) is 5.82 Å². The van der Waals surface area contributed by atoms with Crippen molar-refractivity contribution in [3.8, 4) is 0 Å². The molecule has 90 valence electrons. The fourth-order valence-electron chi connectivity index (χ4n) is 1.67. The number of anilines is 1. The van der Waals surface area contributed by atoms with Gasteiger partial charge in [0.1, 0.15) is 5.82 Å². The molecule has 1 heterocycles. The molecule has 1 aromatic heterocycles. The van der Waals surface area contributed by atoms with Crippen molar-refractivity contribution in [1.82, 2.24) is 10.1 Å². The molecule has 2 aromatic rings. The number of hydrogen-bond acceptors (Lipinski definition) is 4. The lowest BCUT2D eigenvalue weighted by Gasteiger charge is -2.14. The number of aromatic nitrogens is 1. The van der Waals surface area contributed by atoms with Crippen molar-refractivity contribution in [2.45, 2.75) is 13.1 Å². The van der Waals surface area contributed by atoms with Crippen LogP contribution in [0.3, 0.4) is 0 Å². The van der Waals surface area contributed by atoms with Crippen LogP contribution in [0.1, 0.15) is 11.3 Å². The molecular weight excluding hydrogens is 221 g/mol. The van der Waals surface area contributed by atoms with Crippen molar-refractivity contribution in [2.24, 2.45) is 0 Å². The van der Waals surface area contributed by atoms with Gasteiger partial charge in [-0.2, -0.15) is 0 Å². The third-order valence-corrected chi connectivity index (χ3v) is 2.34. The summed E-state index contributed by atoms with van der Waals surface area (Å²) < 4.78 is 18.0. The fraction of sp³-hybridized carbons (Fsp3) is 0.250. The van der Waals surface area contributed by atoms with E-state index in [4.69, 9.17) is 10.3 Å². The van der Waals surface area contributed by atoms with Crippen LogP contribution in [0, 0.1) is 5.82 Å². The lowest BCUT2D eigenvalue weighted by molar-refractivity contribution is 0.267. The van der Waals surface area contributed by atoms with Crippen LogP contribution in [0.5, 0.6) is 0 Å². The molecule has 2 rings (SSSR count). The minimum atomic E-state index is -0.222. The molecule has 0 aliphatic carbocycles. The average Bonchev–Trinajstić information content (AvgIpc) is 2.63. The maximum atomic E-state index is 13.0. The molecule has 0 atom stereocenters. The van der Waals surface area contributed by atoms with Gasteiger partial charge in [0.15, 0.2) is 11.6 Å². The fourth-order valence-corrected chi connectivity index (χ4v) is 1.67. The van der Waals surface area contributed by atoms with E-state index in [1.165, 1.54) is 12.1 Å². The highest BCUT2D eigenvalue weighted by atomic mass is 19.1. The Morgan fingerprint density at radius 1 is 1.35 bits per heavy atom. The second kappa shape index (κ2) is 4.97. The standard InChI is InChI=1S/C12H14FN3O/c1-16(8-11-6-12(14)15-17-11)7-9-3-2-4-10(13)5-9/h2-6H,7-8H2,1H3,(H2,14,15). The van der Waals surface area contributed by atoms with Crippen molar-refractivity contribution in [2.75, 3.05) is 12.8 Å². The zero-order valence-electron chi connectivity index (χ0n) is 9.56. The molecule has 1 aromatic carbocycles. The highest BCUT2D eigenvalue weighted by Crippen LogP contribution is 2.11. The second-order valence-electron chi connectivity index (χ2n) is 4.02. The third-order valence-electron chi connectivity index (χ3n) is 2.34. The van der Waals surface area contributed by atoms with Gasteiger partial charge in [-0.05, 0) is 24.7 Å². The number of halogens is 1. The quantitative estimate of drug-likeness (QED) is 0.881. The highest BCUT2D eigenvalue weighted by Gasteiger charge is 2.06. The van der Waals surface area contributed by atoms with Crippen LogP contribution in [0.2, 0.25) is 0 Å². The predicted octanol–water partition coefficient (Wildman–Crippen LogP) is 2.03. The molecule has 0 saturated carbocycles. The molecule has 0 fully saturated rings. The van der Waals surface area contributed by atoms with Gasteiger partial charge in [0.25, 0.3) is 0 Å². The summed E-state index contributed by atoms with van der Waals surface area (Å²) >= 11 is 0. The Morgan fingerprint density at radius 2 is 2.18 bits per heavy atom. The summed E-state index contributed by atoms with van der Waals surface area (Å²) in [6, 6.07) is 8.22. The molecule has 2 N–H and O–H groups in total. The Labute approximate surface area is 98.8 Å². The topological polar surface area (TPSA) is 55.3 Å². The summed E-state index contributed by atoms with van der Waals surface area (Å²) in [5, 5.41) is 3.61. The number of nitrogens with zero attached hydrogens (tertiary/aromatic N) is 2. The Morgan fingerprint density at radius 3 is 2.82 bits per heavy atom. The van der Waals surface area contributed by atoms with Crippen LogP contribution in [0.25, 0.3) is 0 Å². The molecule has 0 radical (unpaired) electrons. The Bertz CT molecular complexity index is 498. The summed E-state index contributed by atoms with van der Waals surface area (Å²) in [7, 11) is 1.92. The van der Waals surface area contributed by atoms with E-state index in [9.17, 15) is 4.39 Å². The van der Waals surface area contributed by atoms with Crippen LogP contribution in [-0.2, 0) is 13.1 Å². The van der Waals surface area contributed by atoms with E-state index in [2.05, 4.69) is 5.16 Å². The van der Waals surface area contributed by atoms with Crippen LogP contribution < -0.4 is 5.73 Å². The van der Waals surface area contributed by atoms with Gasteiger partial charge in [-0.25, -0.2) is 4.39 Å². The van der Waals surface area contributed by atoms with Crippen molar-refractivity contribution >= 4 is 5.82 Å². The van der Waals surface area contributed by atoms with Crippen LogP contribution in [0.4, 0.5) is 10.2 Å². The average molecular weight is 235 g/mol. The maximum absolute atomic E-state index is 13.0. The zero-order chi connectivity index (χ0) is 12.3. The van der Waals surface area contributed by atoms with Gasteiger partial charge in [0, 0.05) is 12.6 Å². The highest BCUT2D eigenvalue weighted by molar-refractivity contribution is 5.26. The van der Waals surface area contributed by atoms with E-state index in [0.29, 0.717) is 24.7 Å². The van der Waals surface area contributed by atoms with E-state index in [0.717, 1.165) is 5.56 Å². The second-order valence-corrected chi connectivity index (χ2v) is 4.02. The molecule has 0 saturated heterocycles. The monoisotopic (exact) mass is 235 g/mol. The molecular formula is C12H14FN3O. The van der Waals surface area contributed by atoms with Crippen molar-refractivity contribution < 1.29 is 8.91 Å². The maximum Gasteiger partial charge on any atom is 0.167 e. The zero-order valence-corrected chi connectivity index (χ0v) is 9.56. The van der Waals surface area contributed by atoms with Crippen LogP contribution in [0.15, 0.2) is 34.9 Å². The van der Waals surface area contributed by atoms with Crippen LogP contribution >= 0.6 is 0 Å². The number of benzene rings is 1. The Hall–Kier alpha value is -1.88. The minimum Gasteiger partial charge on any atom is -0.381 e. The number of hydrogen-bond donors (Lipinski definition) is 1. The molecule has 0 aliphatic rings. The molecule has 0 spiro atoms. The molecule has 0 unspecified atom stereocenters. The SMILES string of the molecule is CN(Cc1cccc(F)c1)Cc1cc(N)no1. The molecule has 0 amide bonds. The smallest absolute Gasteiger partial charge is 0.167 e. The minimum absolute atomic E-state index is 0.222. The molecule has 0 bridgehead atoms. The molecule has 0 aliphatic heterocycles. The normalized spacial score (nSPS) is 11.0. The van der Waals surface area contributed by atoms with Crippen LogP contribution in [-0.4, -0.2) is 17.1 Å². The van der Waals surface area contributed by atoms with Gasteiger partial charge < -0.3 is 10.3 Å². The number of rotatable bonds is 4. The van der Waals surface area contributed by atoms with E-state index in [1.807, 2.05) is 18.0 Å². The largest absolute Gasteiger partial charge is 0.381 e. The first-order chi connectivity index (χ1) is 8.13. The number of nitrogen functional groups attached to an aromatic ring is 1. The number of nitrogens with two attached hydrogens (primary N) is 1. The van der Waals surface area contributed by atoms with Gasteiger partial charge in [-0.15, -0.1) is 0 Å². The van der Waals surface area contributed by atoms with Crippen molar-refractivity contribution in [3.05, 3.63) is 47.5 Å². The molecule has 17 heavy (non-hydrogen) atoms. The van der Waals surface area contributed by atoms with Gasteiger partial charge in [-0.1, -0.05) is 17.3 Å². The van der Waals surface area contributed by atoms with Crippen molar-refractivity contribution in [1.29, 1.82) is 0 Å². The first kappa shape index (κ1) is 11.6. The lowest BCUT2D eigenvalue weighted by Crippen LogP contribution is -2.16. The Balaban J connectivity index is 1.95. The summed E-state index contributed by atoms with van der Waals surface area (Å²) in [4.78, 5) is 1.99. The molecule has 5 heteroatoms. The van der Waals surface area contributed by atoms with Gasteiger partial charge >= 0.3 is 0 Å². The summed E-state index contributed by atoms with van der Waals surface area (Å²) in [5.74, 6) is 0.848. The van der Waals surface area contributed by atoms with E-state index >= 15 is 0 Å². The van der Waals surface area contributed by atoms with Crippen molar-refractivity contribution in [3.63, 3.8) is 0 Å².